The number of carboxylic acids is 1. The highest BCUT2D eigenvalue weighted by molar-refractivity contribution is 5.86. The van der Waals surface area contributed by atoms with Crippen molar-refractivity contribution in [3.63, 3.8) is 0 Å². The number of carbonyl (C=O) groups is 2. The van der Waals surface area contributed by atoms with Gasteiger partial charge in [-0.3, -0.25) is 9.48 Å². The Balaban J connectivity index is 2.09. The number of rotatable bonds is 5. The lowest BCUT2D eigenvalue weighted by atomic mass is 9.98. The molecule has 0 radical (unpaired) electrons. The maximum Gasteiger partial charge on any atom is 0.331 e. The lowest BCUT2D eigenvalue weighted by Crippen LogP contribution is -2.40. The first-order valence-electron chi connectivity index (χ1n) is 6.66. The third-order valence-electron chi connectivity index (χ3n) is 3.54. The van der Waals surface area contributed by atoms with Gasteiger partial charge in [0, 0.05) is 25.4 Å². The van der Waals surface area contributed by atoms with Crippen molar-refractivity contribution < 1.29 is 19.4 Å². The Kier molecular flexibility index (Phi) is 4.39. The molecule has 20 heavy (non-hydrogen) atoms. The predicted octanol–water partition coefficient (Wildman–Crippen LogP) is 0.477. The van der Waals surface area contributed by atoms with E-state index in [9.17, 15) is 14.7 Å². The Bertz CT molecular complexity index is 500. The first-order valence-corrected chi connectivity index (χ1v) is 6.66. The summed E-state index contributed by atoms with van der Waals surface area (Å²) >= 11 is 0. The summed E-state index contributed by atoms with van der Waals surface area (Å²) in [6, 6.07) is -1.07. The number of nitrogens with one attached hydrogen (secondary N) is 1. The molecule has 1 saturated heterocycles. The summed E-state index contributed by atoms with van der Waals surface area (Å²) in [6.45, 7) is 2.49. The maximum atomic E-state index is 12.2. The molecule has 0 saturated carbocycles. The minimum absolute atomic E-state index is 0.127. The van der Waals surface area contributed by atoms with Crippen LogP contribution in [0.15, 0.2) is 12.4 Å². The number of nitrogens with zero attached hydrogens (tertiary/aromatic N) is 2. The Labute approximate surface area is 116 Å². The van der Waals surface area contributed by atoms with Crippen LogP contribution >= 0.6 is 0 Å². The average Bonchev–Trinajstić information content (AvgIpc) is 3.03. The lowest BCUT2D eigenvalue weighted by molar-refractivity contribution is -0.143. The fourth-order valence-corrected chi connectivity index (χ4v) is 2.48. The van der Waals surface area contributed by atoms with Crippen molar-refractivity contribution in [1.29, 1.82) is 0 Å². The van der Waals surface area contributed by atoms with E-state index >= 15 is 0 Å². The summed E-state index contributed by atoms with van der Waals surface area (Å²) in [5.41, 5.74) is 0.459. The van der Waals surface area contributed by atoms with Gasteiger partial charge in [-0.2, -0.15) is 5.10 Å². The molecule has 3 atom stereocenters. The first-order chi connectivity index (χ1) is 9.52. The number of carboxylic acid groups (broad SMARTS) is 1. The molecule has 7 nitrogen and oxygen atoms in total. The van der Waals surface area contributed by atoms with E-state index in [1.807, 2.05) is 6.92 Å². The zero-order chi connectivity index (χ0) is 14.7. The zero-order valence-corrected chi connectivity index (χ0v) is 11.6. The van der Waals surface area contributed by atoms with Crippen LogP contribution in [0.5, 0.6) is 0 Å². The molecular formula is C13H19N3O4. The van der Waals surface area contributed by atoms with Crippen LogP contribution in [0.4, 0.5) is 0 Å². The van der Waals surface area contributed by atoms with Crippen molar-refractivity contribution in [2.45, 2.75) is 31.9 Å². The molecule has 1 fully saturated rings. The summed E-state index contributed by atoms with van der Waals surface area (Å²) in [5, 5.41) is 15.8. The number of amides is 1. The predicted molar refractivity (Wildman–Crippen MR) is 69.9 cm³/mol. The minimum Gasteiger partial charge on any atom is -0.479 e. The molecule has 110 valence electrons. The van der Waals surface area contributed by atoms with Crippen molar-refractivity contribution >= 4 is 11.9 Å². The Morgan fingerprint density at radius 2 is 2.40 bits per heavy atom. The van der Waals surface area contributed by atoms with Crippen LogP contribution in [0.3, 0.4) is 0 Å². The van der Waals surface area contributed by atoms with Crippen molar-refractivity contribution in [3.05, 3.63) is 18.0 Å². The number of carbonyl (C=O) groups excluding carboxylic acids is 1. The highest BCUT2D eigenvalue weighted by Crippen LogP contribution is 2.24. The second-order valence-electron chi connectivity index (χ2n) is 4.94. The monoisotopic (exact) mass is 281 g/mol. The van der Waals surface area contributed by atoms with Gasteiger partial charge in [0.05, 0.1) is 18.2 Å². The minimum atomic E-state index is -1.10. The SMILES string of the molecule is CCC1OCCC1C(=O)NC(C(=O)O)c1cnn(C)c1. The summed E-state index contributed by atoms with van der Waals surface area (Å²) in [7, 11) is 1.70. The lowest BCUT2D eigenvalue weighted by Gasteiger charge is -2.19. The molecule has 2 N–H and O–H groups in total. The van der Waals surface area contributed by atoms with Crippen LogP contribution < -0.4 is 5.32 Å². The molecule has 1 aromatic heterocycles. The fourth-order valence-electron chi connectivity index (χ4n) is 2.48. The van der Waals surface area contributed by atoms with E-state index in [0.29, 0.717) is 18.6 Å². The van der Waals surface area contributed by atoms with E-state index < -0.39 is 12.0 Å². The van der Waals surface area contributed by atoms with Crippen LogP contribution in [0.2, 0.25) is 0 Å². The van der Waals surface area contributed by atoms with E-state index in [1.165, 1.54) is 10.9 Å². The van der Waals surface area contributed by atoms with Crippen LogP contribution in [0.1, 0.15) is 31.4 Å². The molecule has 0 bridgehead atoms. The third-order valence-corrected chi connectivity index (χ3v) is 3.54. The van der Waals surface area contributed by atoms with E-state index in [4.69, 9.17) is 4.74 Å². The van der Waals surface area contributed by atoms with Gasteiger partial charge in [-0.25, -0.2) is 4.79 Å². The largest absolute Gasteiger partial charge is 0.479 e. The molecule has 3 unspecified atom stereocenters. The summed E-state index contributed by atoms with van der Waals surface area (Å²) in [5.74, 6) is -1.65. The molecule has 1 amide bonds. The van der Waals surface area contributed by atoms with E-state index in [2.05, 4.69) is 10.4 Å². The van der Waals surface area contributed by atoms with Crippen LogP contribution in [-0.2, 0) is 21.4 Å². The van der Waals surface area contributed by atoms with Crippen LogP contribution in [0, 0.1) is 5.92 Å². The molecule has 2 heterocycles. The third kappa shape index (κ3) is 2.98. The smallest absolute Gasteiger partial charge is 0.331 e. The molecule has 0 spiro atoms. The number of hydrogen-bond donors (Lipinski definition) is 2. The van der Waals surface area contributed by atoms with Gasteiger partial charge in [-0.1, -0.05) is 6.92 Å². The second-order valence-corrected chi connectivity index (χ2v) is 4.94. The summed E-state index contributed by atoms with van der Waals surface area (Å²) in [4.78, 5) is 23.6. The van der Waals surface area contributed by atoms with Crippen molar-refractivity contribution in [1.82, 2.24) is 15.1 Å². The van der Waals surface area contributed by atoms with Gasteiger partial charge in [0.15, 0.2) is 6.04 Å². The highest BCUT2D eigenvalue weighted by Gasteiger charge is 2.35. The highest BCUT2D eigenvalue weighted by atomic mass is 16.5. The normalized spacial score (nSPS) is 23.5. The standard InChI is InChI=1S/C13H19N3O4/c1-3-10-9(4-5-20-10)12(17)15-11(13(18)19)8-6-14-16(2)7-8/h6-7,9-11H,3-5H2,1-2H3,(H,15,17)(H,18,19). The summed E-state index contributed by atoms with van der Waals surface area (Å²) in [6.07, 6.45) is 4.27. The van der Waals surface area contributed by atoms with Crippen molar-refractivity contribution in [2.75, 3.05) is 6.61 Å². The molecule has 1 aromatic rings. The molecule has 1 aliphatic rings. The maximum absolute atomic E-state index is 12.2. The Morgan fingerprint density at radius 3 is 2.95 bits per heavy atom. The molecule has 0 aromatic carbocycles. The van der Waals surface area contributed by atoms with Gasteiger partial charge in [0.2, 0.25) is 5.91 Å². The molecule has 2 rings (SSSR count). The van der Waals surface area contributed by atoms with Gasteiger partial charge in [0.1, 0.15) is 0 Å². The summed E-state index contributed by atoms with van der Waals surface area (Å²) < 4.78 is 6.97. The molecular weight excluding hydrogens is 262 g/mol. The number of hydrogen-bond acceptors (Lipinski definition) is 4. The van der Waals surface area contributed by atoms with Crippen LogP contribution in [-0.4, -0.2) is 39.5 Å². The second kappa shape index (κ2) is 6.04. The quantitative estimate of drug-likeness (QED) is 0.818. The average molecular weight is 281 g/mol. The first kappa shape index (κ1) is 14.5. The fraction of sp³-hybridized carbons (Fsp3) is 0.615. The molecule has 7 heteroatoms. The Hall–Kier alpha value is -1.89. The number of ether oxygens (including phenoxy) is 1. The van der Waals surface area contributed by atoms with Gasteiger partial charge in [0.25, 0.3) is 0 Å². The van der Waals surface area contributed by atoms with Gasteiger partial charge in [-0.15, -0.1) is 0 Å². The molecule has 0 aliphatic carbocycles. The number of aliphatic carboxylic acids is 1. The topological polar surface area (TPSA) is 93.4 Å². The van der Waals surface area contributed by atoms with E-state index in [1.54, 1.807) is 13.2 Å². The molecule has 1 aliphatic heterocycles. The van der Waals surface area contributed by atoms with E-state index in [-0.39, 0.29) is 17.9 Å². The van der Waals surface area contributed by atoms with Gasteiger partial charge >= 0.3 is 5.97 Å². The van der Waals surface area contributed by atoms with Crippen molar-refractivity contribution in [2.24, 2.45) is 13.0 Å². The Morgan fingerprint density at radius 1 is 1.65 bits per heavy atom. The van der Waals surface area contributed by atoms with Crippen LogP contribution in [0.25, 0.3) is 0 Å². The number of aryl methyl sites for hydroxylation is 1. The van der Waals surface area contributed by atoms with E-state index in [0.717, 1.165) is 6.42 Å². The zero-order valence-electron chi connectivity index (χ0n) is 11.6. The van der Waals surface area contributed by atoms with Gasteiger partial charge < -0.3 is 15.2 Å². The van der Waals surface area contributed by atoms with Gasteiger partial charge in [-0.05, 0) is 12.8 Å². The number of aromatic nitrogens is 2. The van der Waals surface area contributed by atoms with Crippen molar-refractivity contribution in [3.8, 4) is 0 Å².